The van der Waals surface area contributed by atoms with E-state index < -0.39 is 24.5 Å². The van der Waals surface area contributed by atoms with Crippen LogP contribution in [0.4, 0.5) is 18.9 Å². The van der Waals surface area contributed by atoms with Gasteiger partial charge in [-0.2, -0.15) is 13.2 Å². The van der Waals surface area contributed by atoms with Crippen LogP contribution in [0.3, 0.4) is 0 Å². The van der Waals surface area contributed by atoms with E-state index in [4.69, 9.17) is 0 Å². The molecule has 2 amide bonds. The van der Waals surface area contributed by atoms with E-state index in [9.17, 15) is 27.9 Å². The van der Waals surface area contributed by atoms with E-state index in [1.54, 1.807) is 29.2 Å². The minimum atomic E-state index is -4.59. The highest BCUT2D eigenvalue weighted by atomic mass is 19.4. The number of rotatable bonds is 3. The molecule has 152 valence electrons. The molecule has 1 aromatic rings. The van der Waals surface area contributed by atoms with Crippen LogP contribution in [0.1, 0.15) is 43.6 Å². The zero-order valence-corrected chi connectivity index (χ0v) is 15.4. The fourth-order valence-electron chi connectivity index (χ4n) is 5.08. The minimum Gasteiger partial charge on any atom is -0.394 e. The summed E-state index contributed by atoms with van der Waals surface area (Å²) < 4.78 is 38.4. The molecular weight excluding hydrogens is 373 g/mol. The van der Waals surface area contributed by atoms with Crippen molar-refractivity contribution in [3.63, 3.8) is 0 Å². The lowest BCUT2D eigenvalue weighted by atomic mass is 9.71. The summed E-state index contributed by atoms with van der Waals surface area (Å²) in [7, 11) is 0. The number of amides is 2. The molecule has 1 saturated heterocycles. The van der Waals surface area contributed by atoms with Crippen LogP contribution in [0.5, 0.6) is 0 Å². The number of nitrogens with zero attached hydrogens (tertiary/aromatic N) is 2. The second-order valence-corrected chi connectivity index (χ2v) is 7.93. The van der Waals surface area contributed by atoms with Crippen molar-refractivity contribution in [1.82, 2.24) is 4.90 Å². The predicted octanol–water partition coefficient (Wildman–Crippen LogP) is 2.83. The number of fused-ring (bicyclic) bond motifs is 3. The fraction of sp³-hybridized carbons (Fsp3) is 0.600. The zero-order valence-electron chi connectivity index (χ0n) is 15.4. The van der Waals surface area contributed by atoms with E-state index in [-0.39, 0.29) is 36.9 Å². The number of hydrogen-bond acceptors (Lipinski definition) is 3. The third kappa shape index (κ3) is 3.17. The normalized spacial score (nSPS) is 27.2. The third-order valence-corrected chi connectivity index (χ3v) is 6.30. The lowest BCUT2D eigenvalue weighted by Crippen LogP contribution is -2.71. The molecule has 2 aliphatic heterocycles. The molecule has 5 nitrogen and oxygen atoms in total. The Morgan fingerprint density at radius 3 is 2.46 bits per heavy atom. The van der Waals surface area contributed by atoms with Gasteiger partial charge in [-0.3, -0.25) is 9.59 Å². The minimum absolute atomic E-state index is 0.0333. The lowest BCUT2D eigenvalue weighted by molar-refractivity contribution is -0.158. The first-order valence-corrected chi connectivity index (χ1v) is 9.71. The molecule has 4 rings (SSSR count). The van der Waals surface area contributed by atoms with Crippen molar-refractivity contribution >= 4 is 17.5 Å². The zero-order chi connectivity index (χ0) is 20.1. The van der Waals surface area contributed by atoms with E-state index in [0.29, 0.717) is 5.69 Å². The van der Waals surface area contributed by atoms with E-state index in [2.05, 4.69) is 0 Å². The van der Waals surface area contributed by atoms with Gasteiger partial charge in [0, 0.05) is 24.1 Å². The van der Waals surface area contributed by atoms with Crippen molar-refractivity contribution in [2.24, 2.45) is 5.92 Å². The largest absolute Gasteiger partial charge is 0.397 e. The summed E-state index contributed by atoms with van der Waals surface area (Å²) in [5.74, 6) is -1.31. The number of likely N-dealkylation sites (tertiary alicyclic amines) is 1. The Hall–Kier alpha value is -2.09. The van der Waals surface area contributed by atoms with Crippen LogP contribution in [-0.4, -0.2) is 53.2 Å². The Labute approximate surface area is 161 Å². The van der Waals surface area contributed by atoms with Crippen molar-refractivity contribution < 1.29 is 27.9 Å². The molecule has 3 aliphatic rings. The first-order valence-electron chi connectivity index (χ1n) is 9.71. The summed E-state index contributed by atoms with van der Waals surface area (Å²) in [6.07, 6.45) is -2.53. The Kier molecular flexibility index (Phi) is 4.85. The van der Waals surface area contributed by atoms with E-state index in [0.717, 1.165) is 36.1 Å². The average molecular weight is 396 g/mol. The van der Waals surface area contributed by atoms with Crippen LogP contribution in [-0.2, 0) is 9.59 Å². The van der Waals surface area contributed by atoms with Gasteiger partial charge >= 0.3 is 6.18 Å². The summed E-state index contributed by atoms with van der Waals surface area (Å²) in [6.45, 7) is -0.171. The van der Waals surface area contributed by atoms with Gasteiger partial charge in [0.25, 0.3) is 0 Å². The quantitative estimate of drug-likeness (QED) is 0.855. The van der Waals surface area contributed by atoms with Gasteiger partial charge in [0.05, 0.1) is 18.7 Å². The first-order chi connectivity index (χ1) is 13.3. The molecule has 1 aliphatic carbocycles. The molecule has 1 aromatic carbocycles. The number of aliphatic hydroxyl groups is 1. The Balaban J connectivity index is 1.65. The van der Waals surface area contributed by atoms with Crippen LogP contribution in [0.25, 0.3) is 0 Å². The summed E-state index contributed by atoms with van der Waals surface area (Å²) in [6, 6.07) is 6.08. The van der Waals surface area contributed by atoms with Crippen LogP contribution < -0.4 is 4.90 Å². The maximum atomic E-state index is 13.0. The highest BCUT2D eigenvalue weighted by Gasteiger charge is 2.56. The van der Waals surface area contributed by atoms with Crippen LogP contribution >= 0.6 is 0 Å². The molecule has 2 heterocycles. The monoisotopic (exact) mass is 396 g/mol. The van der Waals surface area contributed by atoms with Crippen LogP contribution in [0, 0.1) is 5.92 Å². The van der Waals surface area contributed by atoms with Crippen LogP contribution in [0.15, 0.2) is 24.3 Å². The van der Waals surface area contributed by atoms with Crippen molar-refractivity contribution in [1.29, 1.82) is 0 Å². The average Bonchev–Trinajstić information content (AvgIpc) is 3.15. The van der Waals surface area contributed by atoms with Gasteiger partial charge < -0.3 is 14.9 Å². The van der Waals surface area contributed by atoms with Gasteiger partial charge in [-0.05, 0) is 24.5 Å². The summed E-state index contributed by atoms with van der Waals surface area (Å²) in [5, 5.41) is 9.92. The Morgan fingerprint density at radius 1 is 1.14 bits per heavy atom. The van der Waals surface area contributed by atoms with Gasteiger partial charge in [-0.1, -0.05) is 31.0 Å². The number of anilines is 1. The molecule has 3 atom stereocenters. The molecule has 0 aromatic heterocycles. The number of alkyl halides is 3. The van der Waals surface area contributed by atoms with Crippen molar-refractivity contribution in [3.05, 3.63) is 29.8 Å². The fourth-order valence-corrected chi connectivity index (χ4v) is 5.08. The maximum Gasteiger partial charge on any atom is 0.397 e. The van der Waals surface area contributed by atoms with Gasteiger partial charge in [0.15, 0.2) is 0 Å². The van der Waals surface area contributed by atoms with Crippen molar-refractivity contribution in [2.75, 3.05) is 18.1 Å². The third-order valence-electron chi connectivity index (χ3n) is 6.30. The highest BCUT2D eigenvalue weighted by molar-refractivity contribution is 5.96. The maximum absolute atomic E-state index is 13.0. The van der Waals surface area contributed by atoms with Gasteiger partial charge in [-0.25, -0.2) is 0 Å². The lowest BCUT2D eigenvalue weighted by Gasteiger charge is -2.59. The molecule has 1 N–H and O–H groups in total. The summed E-state index contributed by atoms with van der Waals surface area (Å²) in [4.78, 5) is 28.2. The number of benzene rings is 1. The second-order valence-electron chi connectivity index (χ2n) is 7.93. The predicted molar refractivity (Wildman–Crippen MR) is 95.7 cm³/mol. The number of aliphatic hydroxyl groups excluding tert-OH is 1. The smallest absolute Gasteiger partial charge is 0.394 e. The summed E-state index contributed by atoms with van der Waals surface area (Å²) >= 11 is 0. The molecule has 1 saturated carbocycles. The van der Waals surface area contributed by atoms with Crippen LogP contribution in [0.2, 0.25) is 0 Å². The Morgan fingerprint density at radius 2 is 1.82 bits per heavy atom. The molecule has 2 fully saturated rings. The molecule has 8 heteroatoms. The molecule has 0 unspecified atom stereocenters. The highest BCUT2D eigenvalue weighted by Crippen LogP contribution is 2.49. The standard InChI is InChI=1S/C20H23F3N2O3/c21-20(22,23)9-17(27)24-10-15-18(13-7-3-4-8-14(13)24)16(11-26)25(15)19(28)12-5-1-2-6-12/h3-4,7-8,12,15-16,18,26H,1-2,5-6,9-11H2/t15-,16+,18+/m1/s1. The van der Waals surface area contributed by atoms with Crippen molar-refractivity contribution in [2.45, 2.75) is 56.3 Å². The number of hydrogen-bond donors (Lipinski definition) is 1. The number of halogens is 3. The Bertz CT molecular complexity index is 776. The van der Waals surface area contributed by atoms with E-state index >= 15 is 0 Å². The van der Waals surface area contributed by atoms with E-state index in [1.807, 2.05) is 0 Å². The molecule has 28 heavy (non-hydrogen) atoms. The molecule has 0 radical (unpaired) electrons. The molecular formula is C20H23F3N2O3. The van der Waals surface area contributed by atoms with Crippen molar-refractivity contribution in [3.8, 4) is 0 Å². The molecule has 0 bridgehead atoms. The SMILES string of the molecule is O=C(CC(F)(F)F)N1C[C@@H]2[C@H](c3ccccc31)[C@H](CO)N2C(=O)C1CCCC1. The van der Waals surface area contributed by atoms with E-state index in [1.165, 1.54) is 0 Å². The first kappa shape index (κ1) is 19.2. The second kappa shape index (κ2) is 7.06. The number of carbonyl (C=O) groups is 2. The van der Waals surface area contributed by atoms with Gasteiger partial charge in [0.1, 0.15) is 6.42 Å². The molecule has 0 spiro atoms. The number of carbonyl (C=O) groups excluding carboxylic acids is 2. The number of para-hydroxylation sites is 1. The van der Waals surface area contributed by atoms with Gasteiger partial charge in [0.2, 0.25) is 11.8 Å². The van der Waals surface area contributed by atoms with Gasteiger partial charge in [-0.15, -0.1) is 0 Å². The summed E-state index contributed by atoms with van der Waals surface area (Å²) in [5.41, 5.74) is 1.17. The topological polar surface area (TPSA) is 60.9 Å².